The summed E-state index contributed by atoms with van der Waals surface area (Å²) in [6.07, 6.45) is 0.952. The molecular weight excluding hydrogens is 296 g/mol. The number of morpholine rings is 1. The molecule has 1 saturated heterocycles. The lowest BCUT2D eigenvalue weighted by atomic mass is 10.2. The van der Waals surface area contributed by atoms with E-state index in [-0.39, 0.29) is 0 Å². The van der Waals surface area contributed by atoms with Crippen molar-refractivity contribution in [2.75, 3.05) is 72.9 Å². The second-order valence-electron chi connectivity index (χ2n) is 5.60. The Morgan fingerprint density at radius 1 is 1.22 bits per heavy atom. The molecule has 1 rings (SSSR count). The van der Waals surface area contributed by atoms with Gasteiger partial charge in [0.2, 0.25) is 0 Å². The first-order valence-electron chi connectivity index (χ1n) is 8.68. The van der Waals surface area contributed by atoms with Crippen molar-refractivity contribution in [3.8, 4) is 0 Å². The maximum atomic E-state index is 5.45. The molecule has 1 unspecified atom stereocenters. The maximum absolute atomic E-state index is 5.45. The summed E-state index contributed by atoms with van der Waals surface area (Å²) in [4.78, 5) is 7.12. The van der Waals surface area contributed by atoms with Gasteiger partial charge in [0.25, 0.3) is 0 Å². The second kappa shape index (κ2) is 13.5. The lowest BCUT2D eigenvalue weighted by Crippen LogP contribution is -2.44. The number of rotatable bonds is 11. The predicted molar refractivity (Wildman–Crippen MR) is 93.1 cm³/mol. The molecule has 1 heterocycles. The maximum Gasteiger partial charge on any atom is 0.191 e. The molecule has 136 valence electrons. The molecule has 0 spiro atoms. The summed E-state index contributed by atoms with van der Waals surface area (Å²) in [6, 6.07) is 0.437. The van der Waals surface area contributed by atoms with E-state index in [0.717, 1.165) is 64.9 Å². The van der Waals surface area contributed by atoms with Crippen LogP contribution in [-0.4, -0.2) is 89.8 Å². The van der Waals surface area contributed by atoms with Crippen LogP contribution in [0.5, 0.6) is 0 Å². The van der Waals surface area contributed by atoms with Crippen molar-refractivity contribution in [3.05, 3.63) is 0 Å². The number of ether oxygens (including phenoxy) is 3. The summed E-state index contributed by atoms with van der Waals surface area (Å²) in [5.41, 5.74) is 0. The molecular formula is C16H34N4O3. The Labute approximate surface area is 140 Å². The van der Waals surface area contributed by atoms with Crippen molar-refractivity contribution >= 4 is 5.96 Å². The van der Waals surface area contributed by atoms with Crippen molar-refractivity contribution in [3.63, 3.8) is 0 Å². The number of hydrogen-bond donors (Lipinski definition) is 2. The van der Waals surface area contributed by atoms with Gasteiger partial charge in [-0.2, -0.15) is 0 Å². The van der Waals surface area contributed by atoms with Crippen LogP contribution in [0.2, 0.25) is 0 Å². The lowest BCUT2D eigenvalue weighted by molar-refractivity contribution is 0.0220. The SMILES string of the molecule is CCNC(=NCC(C)N1CCOCC1)NCCCOCCOC. The molecule has 0 bridgehead atoms. The van der Waals surface area contributed by atoms with E-state index in [4.69, 9.17) is 14.2 Å². The fraction of sp³-hybridized carbons (Fsp3) is 0.938. The second-order valence-corrected chi connectivity index (χ2v) is 5.60. The highest BCUT2D eigenvalue weighted by Gasteiger charge is 2.16. The van der Waals surface area contributed by atoms with E-state index in [1.54, 1.807) is 7.11 Å². The average molecular weight is 330 g/mol. The van der Waals surface area contributed by atoms with Gasteiger partial charge in [-0.05, 0) is 20.3 Å². The van der Waals surface area contributed by atoms with Gasteiger partial charge in [0.15, 0.2) is 5.96 Å². The molecule has 0 amide bonds. The summed E-state index contributed by atoms with van der Waals surface area (Å²) in [7, 11) is 1.68. The van der Waals surface area contributed by atoms with E-state index in [1.165, 1.54) is 0 Å². The van der Waals surface area contributed by atoms with Crippen LogP contribution in [0.15, 0.2) is 4.99 Å². The van der Waals surface area contributed by atoms with E-state index >= 15 is 0 Å². The monoisotopic (exact) mass is 330 g/mol. The molecule has 7 nitrogen and oxygen atoms in total. The lowest BCUT2D eigenvalue weighted by Gasteiger charge is -2.31. The van der Waals surface area contributed by atoms with E-state index < -0.39 is 0 Å². The zero-order valence-corrected chi connectivity index (χ0v) is 15.0. The normalized spacial score (nSPS) is 18.0. The van der Waals surface area contributed by atoms with Gasteiger partial charge < -0.3 is 24.8 Å². The fourth-order valence-corrected chi connectivity index (χ4v) is 2.32. The molecule has 0 aliphatic carbocycles. The molecule has 1 aliphatic heterocycles. The molecule has 1 aliphatic rings. The average Bonchev–Trinajstić information content (AvgIpc) is 2.59. The minimum absolute atomic E-state index is 0.437. The number of nitrogens with one attached hydrogen (secondary N) is 2. The number of methoxy groups -OCH3 is 1. The number of nitrogens with zero attached hydrogens (tertiary/aromatic N) is 2. The van der Waals surface area contributed by atoms with Crippen molar-refractivity contribution in [2.24, 2.45) is 4.99 Å². The third kappa shape index (κ3) is 9.76. The Morgan fingerprint density at radius 3 is 2.70 bits per heavy atom. The van der Waals surface area contributed by atoms with Crippen molar-refractivity contribution in [2.45, 2.75) is 26.3 Å². The highest BCUT2D eigenvalue weighted by atomic mass is 16.5. The van der Waals surface area contributed by atoms with Crippen molar-refractivity contribution in [1.82, 2.24) is 15.5 Å². The quantitative estimate of drug-likeness (QED) is 0.323. The van der Waals surface area contributed by atoms with Crippen molar-refractivity contribution in [1.29, 1.82) is 0 Å². The third-order valence-electron chi connectivity index (χ3n) is 3.72. The summed E-state index contributed by atoms with van der Waals surface area (Å²) in [6.45, 7) is 12.5. The first-order chi connectivity index (χ1) is 11.3. The molecule has 23 heavy (non-hydrogen) atoms. The highest BCUT2D eigenvalue weighted by Crippen LogP contribution is 2.03. The zero-order chi connectivity index (χ0) is 16.8. The van der Waals surface area contributed by atoms with Gasteiger partial charge >= 0.3 is 0 Å². The topological polar surface area (TPSA) is 67.4 Å². The largest absolute Gasteiger partial charge is 0.382 e. The Morgan fingerprint density at radius 2 is 2.00 bits per heavy atom. The molecule has 2 N–H and O–H groups in total. The van der Waals surface area contributed by atoms with Gasteiger partial charge in [-0.1, -0.05) is 0 Å². The van der Waals surface area contributed by atoms with Gasteiger partial charge in [-0.25, -0.2) is 0 Å². The molecule has 0 aromatic carbocycles. The van der Waals surface area contributed by atoms with Crippen LogP contribution in [0, 0.1) is 0 Å². The van der Waals surface area contributed by atoms with Crippen molar-refractivity contribution < 1.29 is 14.2 Å². The summed E-state index contributed by atoms with van der Waals surface area (Å²) >= 11 is 0. The van der Waals surface area contributed by atoms with Gasteiger partial charge in [-0.15, -0.1) is 0 Å². The highest BCUT2D eigenvalue weighted by molar-refractivity contribution is 5.79. The minimum atomic E-state index is 0.437. The van der Waals surface area contributed by atoms with Crippen LogP contribution in [-0.2, 0) is 14.2 Å². The van der Waals surface area contributed by atoms with Gasteiger partial charge in [-0.3, -0.25) is 9.89 Å². The van der Waals surface area contributed by atoms with E-state index in [0.29, 0.717) is 19.3 Å². The van der Waals surface area contributed by atoms with Gasteiger partial charge in [0.05, 0.1) is 33.0 Å². The molecule has 1 fully saturated rings. The Bertz CT molecular complexity index is 310. The first-order valence-corrected chi connectivity index (χ1v) is 8.68. The first kappa shape index (κ1) is 20.2. The molecule has 0 aromatic heterocycles. The molecule has 0 saturated carbocycles. The molecule has 7 heteroatoms. The standard InChI is InChI=1S/C16H34N4O3/c1-4-17-16(18-6-5-9-22-13-12-21-3)19-14-15(2)20-7-10-23-11-8-20/h15H,4-14H2,1-3H3,(H2,17,18,19). The van der Waals surface area contributed by atoms with Crippen LogP contribution in [0.1, 0.15) is 20.3 Å². The van der Waals surface area contributed by atoms with E-state index in [9.17, 15) is 0 Å². The number of aliphatic imine (C=N–C) groups is 1. The molecule has 1 atom stereocenters. The van der Waals surface area contributed by atoms with Crippen LogP contribution in [0.3, 0.4) is 0 Å². The molecule has 0 radical (unpaired) electrons. The van der Waals surface area contributed by atoms with Gasteiger partial charge in [0.1, 0.15) is 0 Å². The van der Waals surface area contributed by atoms with Gasteiger partial charge in [0, 0.05) is 45.9 Å². The van der Waals surface area contributed by atoms with E-state index in [2.05, 4.69) is 34.4 Å². The summed E-state index contributed by atoms with van der Waals surface area (Å²) in [5.74, 6) is 0.879. The van der Waals surface area contributed by atoms with Crippen LogP contribution in [0.25, 0.3) is 0 Å². The zero-order valence-electron chi connectivity index (χ0n) is 15.0. The van der Waals surface area contributed by atoms with Crippen LogP contribution in [0.4, 0.5) is 0 Å². The number of hydrogen-bond acceptors (Lipinski definition) is 5. The Kier molecular flexibility index (Phi) is 11.9. The summed E-state index contributed by atoms with van der Waals surface area (Å²) < 4.78 is 15.8. The summed E-state index contributed by atoms with van der Waals surface area (Å²) in [5, 5.41) is 6.64. The Balaban J connectivity index is 2.20. The van der Waals surface area contributed by atoms with E-state index in [1.807, 2.05) is 0 Å². The Hall–Kier alpha value is -0.890. The predicted octanol–water partition coefficient (Wildman–Crippen LogP) is 0.315. The fourth-order valence-electron chi connectivity index (χ4n) is 2.32. The molecule has 0 aromatic rings. The van der Waals surface area contributed by atoms with Crippen LogP contribution < -0.4 is 10.6 Å². The number of guanidine groups is 1. The minimum Gasteiger partial charge on any atom is -0.382 e. The smallest absolute Gasteiger partial charge is 0.191 e. The third-order valence-corrected chi connectivity index (χ3v) is 3.72. The van der Waals surface area contributed by atoms with Crippen LogP contribution >= 0.6 is 0 Å².